The van der Waals surface area contributed by atoms with Crippen molar-refractivity contribution in [1.82, 2.24) is 0 Å². The Morgan fingerprint density at radius 3 is 1.72 bits per heavy atom. The van der Waals surface area contributed by atoms with Gasteiger partial charge in [-0.15, -0.1) is 0 Å². The van der Waals surface area contributed by atoms with Crippen molar-refractivity contribution in [2.45, 2.75) is 156 Å². The van der Waals surface area contributed by atoms with Gasteiger partial charge < -0.3 is 9.47 Å². The van der Waals surface area contributed by atoms with Crippen molar-refractivity contribution in [2.24, 2.45) is 5.92 Å². The third kappa shape index (κ3) is 20.8. The van der Waals surface area contributed by atoms with E-state index in [-0.39, 0.29) is 18.0 Å². The zero-order chi connectivity index (χ0) is 23.9. The van der Waals surface area contributed by atoms with E-state index in [0.717, 1.165) is 77.0 Å². The minimum atomic E-state index is -0.0420. The molecule has 2 atom stereocenters. The van der Waals surface area contributed by atoms with Gasteiger partial charge in [-0.05, 0) is 50.9 Å². The van der Waals surface area contributed by atoms with E-state index in [1.54, 1.807) is 0 Å². The molecule has 0 aliphatic carbocycles. The zero-order valence-electron chi connectivity index (χ0n) is 21.9. The van der Waals surface area contributed by atoms with Gasteiger partial charge in [-0.1, -0.05) is 91.9 Å². The molecule has 0 spiro atoms. The van der Waals surface area contributed by atoms with Crippen LogP contribution in [0.5, 0.6) is 0 Å². The number of carbonyl (C=O) groups is 2. The van der Waals surface area contributed by atoms with Gasteiger partial charge in [-0.25, -0.2) is 0 Å². The lowest BCUT2D eigenvalue weighted by Crippen LogP contribution is -2.18. The van der Waals surface area contributed by atoms with Gasteiger partial charge in [0.15, 0.2) is 0 Å². The molecule has 0 aromatic heterocycles. The van der Waals surface area contributed by atoms with Crippen molar-refractivity contribution in [2.75, 3.05) is 6.61 Å². The van der Waals surface area contributed by atoms with Crippen LogP contribution >= 0.6 is 0 Å². The second-order valence-electron chi connectivity index (χ2n) is 9.66. The molecule has 0 aromatic carbocycles. The fraction of sp³-hybridized carbons (Fsp3) is 0.929. The highest BCUT2D eigenvalue weighted by atomic mass is 16.5. The lowest BCUT2D eigenvalue weighted by Gasteiger charge is -2.18. The molecule has 0 radical (unpaired) electrons. The Labute approximate surface area is 199 Å². The average molecular weight is 455 g/mol. The second kappa shape index (κ2) is 23.1. The molecule has 0 N–H and O–H groups in total. The summed E-state index contributed by atoms with van der Waals surface area (Å²) in [6, 6.07) is 0. The number of hydrogen-bond acceptors (Lipinski definition) is 4. The summed E-state index contributed by atoms with van der Waals surface area (Å²) in [6.07, 6.45) is 20.2. The summed E-state index contributed by atoms with van der Waals surface area (Å²) >= 11 is 0. The summed E-state index contributed by atoms with van der Waals surface area (Å²) in [5.74, 6) is 0.421. The largest absolute Gasteiger partial charge is 0.465 e. The van der Waals surface area contributed by atoms with Crippen LogP contribution in [0.25, 0.3) is 0 Å². The van der Waals surface area contributed by atoms with E-state index < -0.39 is 0 Å². The van der Waals surface area contributed by atoms with E-state index in [1.165, 1.54) is 32.1 Å². The van der Waals surface area contributed by atoms with Crippen LogP contribution in [0.2, 0.25) is 0 Å². The molecule has 190 valence electrons. The van der Waals surface area contributed by atoms with Crippen LogP contribution in [0.4, 0.5) is 0 Å². The van der Waals surface area contributed by atoms with E-state index in [4.69, 9.17) is 9.47 Å². The molecule has 4 nitrogen and oxygen atoms in total. The molecular weight excluding hydrogens is 400 g/mol. The Hall–Kier alpha value is -1.06. The molecule has 32 heavy (non-hydrogen) atoms. The summed E-state index contributed by atoms with van der Waals surface area (Å²) in [5.41, 5.74) is 0. The topological polar surface area (TPSA) is 52.6 Å². The number of ether oxygens (including phenoxy) is 2. The van der Waals surface area contributed by atoms with Crippen LogP contribution in [0.15, 0.2) is 0 Å². The molecule has 2 unspecified atom stereocenters. The molecule has 0 fully saturated rings. The van der Waals surface area contributed by atoms with E-state index in [9.17, 15) is 9.59 Å². The van der Waals surface area contributed by atoms with Gasteiger partial charge in [0.2, 0.25) is 0 Å². The molecule has 0 aromatic rings. The van der Waals surface area contributed by atoms with E-state index in [0.29, 0.717) is 25.4 Å². The predicted octanol–water partition coefficient (Wildman–Crippen LogP) is 8.55. The SMILES string of the molecule is CCCCCCC(CCCCCCCCC(=O)OCC(C)CCC)OC(=O)CCCCC. The van der Waals surface area contributed by atoms with Crippen LogP contribution in [-0.4, -0.2) is 24.6 Å². The minimum Gasteiger partial charge on any atom is -0.465 e. The first-order valence-electron chi connectivity index (χ1n) is 13.9. The van der Waals surface area contributed by atoms with Gasteiger partial charge in [-0.3, -0.25) is 9.59 Å². The van der Waals surface area contributed by atoms with Gasteiger partial charge in [0, 0.05) is 12.8 Å². The van der Waals surface area contributed by atoms with Gasteiger partial charge in [0.05, 0.1) is 6.61 Å². The summed E-state index contributed by atoms with van der Waals surface area (Å²) in [6.45, 7) is 9.24. The smallest absolute Gasteiger partial charge is 0.306 e. The number of carbonyl (C=O) groups excluding carboxylic acids is 2. The Balaban J connectivity index is 3.87. The highest BCUT2D eigenvalue weighted by Gasteiger charge is 2.14. The molecule has 4 heteroatoms. The van der Waals surface area contributed by atoms with Crippen LogP contribution in [-0.2, 0) is 19.1 Å². The molecule has 0 saturated heterocycles. The Bertz CT molecular complexity index is 435. The van der Waals surface area contributed by atoms with Gasteiger partial charge in [0.25, 0.3) is 0 Å². The van der Waals surface area contributed by atoms with Crippen molar-refractivity contribution >= 4 is 11.9 Å². The standard InChI is InChI=1S/C28H54O4/c1-5-8-10-16-20-26(32-28(30)23-15-9-6-2)21-17-13-11-12-14-18-22-27(29)31-24-25(4)19-7-3/h25-26H,5-24H2,1-4H3. The molecule has 0 amide bonds. The van der Waals surface area contributed by atoms with E-state index in [1.807, 2.05) is 0 Å². The monoisotopic (exact) mass is 454 g/mol. The molecule has 0 aliphatic heterocycles. The highest BCUT2D eigenvalue weighted by Crippen LogP contribution is 2.18. The third-order valence-corrected chi connectivity index (χ3v) is 6.13. The van der Waals surface area contributed by atoms with E-state index >= 15 is 0 Å². The van der Waals surface area contributed by atoms with Crippen LogP contribution in [0, 0.1) is 5.92 Å². The number of rotatable bonds is 23. The first-order chi connectivity index (χ1) is 15.5. The molecule has 0 heterocycles. The Morgan fingerprint density at radius 1 is 0.594 bits per heavy atom. The maximum Gasteiger partial charge on any atom is 0.306 e. The third-order valence-electron chi connectivity index (χ3n) is 6.13. The van der Waals surface area contributed by atoms with Gasteiger partial charge >= 0.3 is 11.9 Å². The summed E-state index contributed by atoms with van der Waals surface area (Å²) in [7, 11) is 0. The fourth-order valence-corrected chi connectivity index (χ4v) is 4.06. The fourth-order valence-electron chi connectivity index (χ4n) is 4.06. The van der Waals surface area contributed by atoms with Crippen LogP contribution in [0.1, 0.15) is 150 Å². The average Bonchev–Trinajstić information content (AvgIpc) is 2.77. The van der Waals surface area contributed by atoms with Crippen molar-refractivity contribution in [3.05, 3.63) is 0 Å². The first-order valence-corrected chi connectivity index (χ1v) is 13.9. The van der Waals surface area contributed by atoms with Crippen molar-refractivity contribution in [1.29, 1.82) is 0 Å². The number of esters is 2. The molecule has 0 saturated carbocycles. The molecule has 0 rings (SSSR count). The Morgan fingerprint density at radius 2 is 1.09 bits per heavy atom. The summed E-state index contributed by atoms with van der Waals surface area (Å²) < 4.78 is 11.2. The normalized spacial score (nSPS) is 13.0. The molecule has 0 bridgehead atoms. The molecule has 0 aliphatic rings. The second-order valence-corrected chi connectivity index (χ2v) is 9.66. The first kappa shape index (κ1) is 30.9. The minimum absolute atomic E-state index is 0.00471. The summed E-state index contributed by atoms with van der Waals surface area (Å²) in [5, 5.41) is 0. The van der Waals surface area contributed by atoms with E-state index in [2.05, 4.69) is 27.7 Å². The lowest BCUT2D eigenvalue weighted by atomic mass is 10.0. The maximum atomic E-state index is 12.1. The highest BCUT2D eigenvalue weighted by molar-refractivity contribution is 5.69. The van der Waals surface area contributed by atoms with Crippen molar-refractivity contribution in [3.8, 4) is 0 Å². The Kier molecular flexibility index (Phi) is 22.3. The molecular formula is C28H54O4. The predicted molar refractivity (Wildman–Crippen MR) is 135 cm³/mol. The number of hydrogen-bond donors (Lipinski definition) is 0. The van der Waals surface area contributed by atoms with Crippen molar-refractivity contribution < 1.29 is 19.1 Å². The summed E-state index contributed by atoms with van der Waals surface area (Å²) in [4.78, 5) is 23.9. The maximum absolute atomic E-state index is 12.1. The van der Waals surface area contributed by atoms with Crippen LogP contribution < -0.4 is 0 Å². The zero-order valence-corrected chi connectivity index (χ0v) is 21.9. The van der Waals surface area contributed by atoms with Crippen LogP contribution in [0.3, 0.4) is 0 Å². The number of unbranched alkanes of at least 4 members (excludes halogenated alkanes) is 10. The van der Waals surface area contributed by atoms with Gasteiger partial charge in [-0.2, -0.15) is 0 Å². The van der Waals surface area contributed by atoms with Crippen molar-refractivity contribution in [3.63, 3.8) is 0 Å². The lowest BCUT2D eigenvalue weighted by molar-refractivity contribution is -0.150. The quantitative estimate of drug-likeness (QED) is 0.115. The van der Waals surface area contributed by atoms with Gasteiger partial charge in [0.1, 0.15) is 6.10 Å².